The maximum absolute atomic E-state index is 12.2. The molecule has 0 aromatic carbocycles. The molecule has 0 spiro atoms. The molecule has 4 atom stereocenters. The Morgan fingerprint density at radius 1 is 1.35 bits per heavy atom. The van der Waals surface area contributed by atoms with Crippen molar-refractivity contribution in [3.8, 4) is 0 Å². The summed E-state index contributed by atoms with van der Waals surface area (Å²) in [6.07, 6.45) is 2.91. The third-order valence-corrected chi connectivity index (χ3v) is 4.63. The van der Waals surface area contributed by atoms with Crippen LogP contribution in [0, 0.1) is 17.8 Å². The van der Waals surface area contributed by atoms with Gasteiger partial charge in [0, 0.05) is 4.57 Å². The Hall–Kier alpha value is -0.510. The molecule has 1 saturated carbocycles. The first-order valence-electron chi connectivity index (χ1n) is 7.19. The smallest absolute Gasteiger partial charge is 0.460 e. The zero-order valence-corrected chi connectivity index (χ0v) is 13.9. The summed E-state index contributed by atoms with van der Waals surface area (Å²) in [5.41, 5.74) is -1.40. The van der Waals surface area contributed by atoms with Crippen molar-refractivity contribution in [2.24, 2.45) is 17.8 Å². The molecule has 1 fully saturated rings. The van der Waals surface area contributed by atoms with Crippen molar-refractivity contribution >= 4 is 14.2 Å². The molecule has 0 saturated heterocycles. The molecule has 0 aromatic heterocycles. The summed E-state index contributed by atoms with van der Waals surface area (Å²) in [6, 6.07) is 0. The van der Waals surface area contributed by atoms with Crippen LogP contribution in [-0.4, -0.2) is 22.6 Å². The van der Waals surface area contributed by atoms with Crippen LogP contribution in [0.15, 0.2) is 0 Å². The number of hydrogen-bond donors (Lipinski definition) is 1. The first-order chi connectivity index (χ1) is 9.13. The van der Waals surface area contributed by atoms with Gasteiger partial charge in [0.1, 0.15) is 6.10 Å². The van der Waals surface area contributed by atoms with Gasteiger partial charge in [-0.15, -0.1) is 9.42 Å². The van der Waals surface area contributed by atoms with E-state index in [4.69, 9.17) is 14.2 Å². The Balaban J connectivity index is 2.72. The van der Waals surface area contributed by atoms with Gasteiger partial charge in [-0.25, -0.2) is 4.79 Å². The number of rotatable bonds is 5. The van der Waals surface area contributed by atoms with Crippen LogP contribution in [0.3, 0.4) is 0 Å². The lowest BCUT2D eigenvalue weighted by atomic mass is 9.75. The third-order valence-electron chi connectivity index (χ3n) is 4.02. The molecule has 20 heavy (non-hydrogen) atoms. The molecule has 0 amide bonds. The Labute approximate surface area is 122 Å². The molecule has 6 heteroatoms. The average molecular weight is 305 g/mol. The molecular weight excluding hydrogens is 279 g/mol. The molecule has 0 aliphatic heterocycles. The van der Waals surface area contributed by atoms with Crippen molar-refractivity contribution in [1.29, 1.82) is 0 Å². The molecule has 0 heterocycles. The first kappa shape index (κ1) is 17.5. The monoisotopic (exact) mass is 305 g/mol. The fraction of sp³-hybridized carbons (Fsp3) is 0.929. The Morgan fingerprint density at radius 2 is 1.95 bits per heavy atom. The van der Waals surface area contributed by atoms with E-state index >= 15 is 0 Å². The van der Waals surface area contributed by atoms with E-state index in [2.05, 4.69) is 20.8 Å². The van der Waals surface area contributed by atoms with Gasteiger partial charge in [0.2, 0.25) is 5.60 Å². The largest absolute Gasteiger partial charge is 0.695 e. The summed E-state index contributed by atoms with van der Waals surface area (Å²) in [7, 11) is -2.83. The first-order valence-corrected chi connectivity index (χ1v) is 8.33. The van der Waals surface area contributed by atoms with Crippen molar-refractivity contribution in [2.75, 3.05) is 0 Å². The van der Waals surface area contributed by atoms with E-state index < -0.39 is 19.8 Å². The highest BCUT2D eigenvalue weighted by molar-refractivity contribution is 7.32. The van der Waals surface area contributed by atoms with E-state index in [0.717, 1.165) is 19.3 Å². The highest BCUT2D eigenvalue weighted by Crippen LogP contribution is 2.36. The zero-order chi connectivity index (χ0) is 15.5. The van der Waals surface area contributed by atoms with Gasteiger partial charge in [-0.2, -0.15) is 0 Å². The van der Waals surface area contributed by atoms with Gasteiger partial charge in [0.05, 0.1) is 0 Å². The van der Waals surface area contributed by atoms with Gasteiger partial charge in [-0.3, -0.25) is 0 Å². The van der Waals surface area contributed by atoms with Gasteiger partial charge in [0.25, 0.3) is 0 Å². The van der Waals surface area contributed by atoms with Crippen LogP contribution in [0.5, 0.6) is 0 Å². The highest BCUT2D eigenvalue weighted by Gasteiger charge is 2.43. The topological polar surface area (TPSA) is 72.8 Å². The van der Waals surface area contributed by atoms with E-state index in [1.165, 1.54) is 13.8 Å². The molecule has 0 bridgehead atoms. The van der Waals surface area contributed by atoms with Crippen LogP contribution >= 0.6 is 8.25 Å². The predicted octanol–water partition coefficient (Wildman–Crippen LogP) is 3.44. The lowest BCUT2D eigenvalue weighted by Crippen LogP contribution is -2.42. The fourth-order valence-corrected chi connectivity index (χ4v) is 3.23. The summed E-state index contributed by atoms with van der Waals surface area (Å²) in [6.45, 7) is 9.33. The molecule has 1 aliphatic rings. The van der Waals surface area contributed by atoms with Crippen molar-refractivity contribution in [3.63, 3.8) is 0 Å². The van der Waals surface area contributed by atoms with Gasteiger partial charge in [-0.05, 0) is 44.4 Å². The lowest BCUT2D eigenvalue weighted by molar-refractivity contribution is -0.171. The fourth-order valence-electron chi connectivity index (χ4n) is 2.76. The third kappa shape index (κ3) is 4.80. The standard InChI is InChI=1S/C14H25O5P/c1-9(2)11-7-6-10(3)8-12(11)18-13(15)14(4,5)19-20(16)17/h9-12H,6-8H2,1-5H3/p+1. The maximum Gasteiger partial charge on any atom is 0.695 e. The minimum atomic E-state index is -2.83. The minimum absolute atomic E-state index is 0.134. The zero-order valence-electron chi connectivity index (χ0n) is 13.0. The summed E-state index contributed by atoms with van der Waals surface area (Å²) >= 11 is 0. The number of carbonyl (C=O) groups is 1. The van der Waals surface area contributed by atoms with E-state index in [1.807, 2.05) is 0 Å². The van der Waals surface area contributed by atoms with E-state index in [0.29, 0.717) is 17.8 Å². The highest BCUT2D eigenvalue weighted by atomic mass is 31.1. The molecular formula is C14H26O5P+. The Bertz CT molecular complexity index is 367. The van der Waals surface area contributed by atoms with Crippen LogP contribution in [0.25, 0.3) is 0 Å². The van der Waals surface area contributed by atoms with Crippen LogP contribution in [0.1, 0.15) is 53.9 Å². The van der Waals surface area contributed by atoms with Gasteiger partial charge in [-0.1, -0.05) is 27.2 Å². The van der Waals surface area contributed by atoms with Crippen LogP contribution in [-0.2, 0) is 18.6 Å². The van der Waals surface area contributed by atoms with Crippen LogP contribution < -0.4 is 0 Å². The van der Waals surface area contributed by atoms with E-state index in [-0.39, 0.29) is 6.10 Å². The summed E-state index contributed by atoms with van der Waals surface area (Å²) in [5.74, 6) is 0.744. The molecule has 4 unspecified atom stereocenters. The number of ether oxygens (including phenoxy) is 1. The predicted molar refractivity (Wildman–Crippen MR) is 76.2 cm³/mol. The molecule has 0 aromatic rings. The second-order valence-electron chi connectivity index (χ2n) is 6.61. The van der Waals surface area contributed by atoms with Crippen molar-refractivity contribution in [1.82, 2.24) is 0 Å². The van der Waals surface area contributed by atoms with Gasteiger partial charge >= 0.3 is 14.2 Å². The van der Waals surface area contributed by atoms with E-state index in [1.54, 1.807) is 0 Å². The second-order valence-corrected chi connectivity index (χ2v) is 7.27. The number of hydrogen-bond acceptors (Lipinski definition) is 4. The summed E-state index contributed by atoms with van der Waals surface area (Å²) in [4.78, 5) is 21.0. The SMILES string of the molecule is CC1CCC(C(C)C)C(OC(=O)C(C)(C)O[P+](=O)O)C1. The second kappa shape index (κ2) is 6.97. The maximum atomic E-state index is 12.2. The molecule has 1 rings (SSSR count). The quantitative estimate of drug-likeness (QED) is 0.622. The van der Waals surface area contributed by atoms with Crippen molar-refractivity contribution in [3.05, 3.63) is 0 Å². The Kier molecular flexibility index (Phi) is 6.11. The van der Waals surface area contributed by atoms with Crippen molar-refractivity contribution in [2.45, 2.75) is 65.6 Å². The van der Waals surface area contributed by atoms with Gasteiger partial charge < -0.3 is 4.74 Å². The summed E-state index contributed by atoms with van der Waals surface area (Å²) < 4.78 is 21.1. The molecule has 1 aliphatic carbocycles. The van der Waals surface area contributed by atoms with Crippen LogP contribution in [0.4, 0.5) is 0 Å². The summed E-state index contributed by atoms with van der Waals surface area (Å²) in [5, 5.41) is 0. The Morgan fingerprint density at radius 3 is 2.45 bits per heavy atom. The minimum Gasteiger partial charge on any atom is -0.460 e. The normalized spacial score (nSPS) is 28.4. The lowest BCUT2D eigenvalue weighted by Gasteiger charge is -2.37. The molecule has 116 valence electrons. The number of carbonyl (C=O) groups excluding carboxylic acids is 1. The number of esters is 1. The van der Waals surface area contributed by atoms with Crippen LogP contribution in [0.2, 0.25) is 0 Å². The van der Waals surface area contributed by atoms with E-state index in [9.17, 15) is 9.36 Å². The molecule has 1 N–H and O–H groups in total. The molecule has 0 radical (unpaired) electrons. The average Bonchev–Trinajstić information content (AvgIpc) is 2.26. The van der Waals surface area contributed by atoms with Crippen molar-refractivity contribution < 1.29 is 23.5 Å². The molecule has 5 nitrogen and oxygen atoms in total. The van der Waals surface area contributed by atoms with Gasteiger partial charge in [0.15, 0.2) is 0 Å².